The minimum absolute atomic E-state index is 0.00411. The number of anilines is 3. The Kier molecular flexibility index (Phi) is 5.50. The van der Waals surface area contributed by atoms with Crippen LogP contribution in [0.25, 0.3) is 11.2 Å². The van der Waals surface area contributed by atoms with Crippen LogP contribution in [-0.4, -0.2) is 41.7 Å². The number of hydrogen-bond acceptors (Lipinski definition) is 6. The van der Waals surface area contributed by atoms with Gasteiger partial charge in [0.1, 0.15) is 17.5 Å². The molecule has 0 bridgehead atoms. The Morgan fingerprint density at radius 2 is 1.91 bits per heavy atom. The van der Waals surface area contributed by atoms with Crippen LogP contribution in [0.3, 0.4) is 0 Å². The van der Waals surface area contributed by atoms with Gasteiger partial charge in [-0.05, 0) is 42.9 Å². The summed E-state index contributed by atoms with van der Waals surface area (Å²) in [4.78, 5) is 22.7. The Hall–Kier alpha value is -3.15. The van der Waals surface area contributed by atoms with Crippen LogP contribution in [0.2, 0.25) is 0 Å². The van der Waals surface area contributed by atoms with Crippen molar-refractivity contribution >= 4 is 44.1 Å². The number of pyridine rings is 1. The first-order valence-corrected chi connectivity index (χ1v) is 12.7. The number of amides is 1. The first-order chi connectivity index (χ1) is 16.1. The van der Waals surface area contributed by atoms with Gasteiger partial charge in [0.25, 0.3) is 6.43 Å². The maximum absolute atomic E-state index is 13.3. The normalized spacial score (nSPS) is 20.4. The highest BCUT2D eigenvalue weighted by atomic mass is 32.2. The smallest absolute Gasteiger partial charge is 0.295 e. The number of carbonyl (C=O) groups excluding carboxylic acids is 1. The predicted octanol–water partition coefficient (Wildman–Crippen LogP) is 4.61. The molecule has 2 heterocycles. The first-order valence-electron chi connectivity index (χ1n) is 10.8. The number of alkyl halides is 3. The topological polar surface area (TPSA) is 117 Å². The molecule has 0 radical (unpaired) electrons. The Morgan fingerprint density at radius 3 is 2.50 bits per heavy atom. The van der Waals surface area contributed by atoms with Crippen LogP contribution in [0.1, 0.15) is 49.4 Å². The number of benzene rings is 1. The summed E-state index contributed by atoms with van der Waals surface area (Å²) in [5.41, 5.74) is 1.34. The van der Waals surface area contributed by atoms with Crippen LogP contribution < -0.4 is 10.6 Å². The monoisotopic (exact) mass is 493 g/mol. The van der Waals surface area contributed by atoms with E-state index in [1.54, 1.807) is 12.1 Å². The Labute approximate surface area is 193 Å². The van der Waals surface area contributed by atoms with Crippen molar-refractivity contribution in [1.82, 2.24) is 15.0 Å². The number of nitrogens with one attached hydrogen (secondary N) is 3. The molecule has 34 heavy (non-hydrogen) atoms. The van der Waals surface area contributed by atoms with E-state index in [0.29, 0.717) is 5.92 Å². The van der Waals surface area contributed by atoms with Gasteiger partial charge >= 0.3 is 0 Å². The fourth-order valence-electron chi connectivity index (χ4n) is 4.01. The van der Waals surface area contributed by atoms with Crippen molar-refractivity contribution in [2.45, 2.75) is 49.1 Å². The molecule has 8 nitrogen and oxygen atoms in total. The molecule has 2 saturated carbocycles. The number of aromatic amines is 1. The molecule has 2 atom stereocenters. The number of hydrogen-bond donors (Lipinski definition) is 3. The molecule has 2 aliphatic rings. The zero-order valence-corrected chi connectivity index (χ0v) is 18.9. The van der Waals surface area contributed by atoms with E-state index >= 15 is 0 Å². The van der Waals surface area contributed by atoms with Crippen molar-refractivity contribution in [2.24, 2.45) is 5.92 Å². The number of halogens is 3. The molecule has 0 unspecified atom stereocenters. The number of rotatable bonds is 7. The van der Waals surface area contributed by atoms with Crippen LogP contribution >= 0.6 is 0 Å². The number of carbonyl (C=O) groups is 1. The van der Waals surface area contributed by atoms with E-state index in [1.165, 1.54) is 6.07 Å². The summed E-state index contributed by atoms with van der Waals surface area (Å²) in [6, 6.07) is 6.46. The maximum atomic E-state index is 13.3. The van der Waals surface area contributed by atoms with Gasteiger partial charge in [-0.2, -0.15) is 0 Å². The van der Waals surface area contributed by atoms with E-state index in [0.717, 1.165) is 31.1 Å². The molecule has 3 N–H and O–H groups in total. The Bertz CT molecular complexity index is 1390. The van der Waals surface area contributed by atoms with E-state index in [-0.39, 0.29) is 39.7 Å². The highest BCUT2D eigenvalue weighted by Gasteiger charge is 2.43. The van der Waals surface area contributed by atoms with Crippen molar-refractivity contribution in [2.75, 3.05) is 16.9 Å². The second-order valence-corrected chi connectivity index (χ2v) is 10.8. The summed E-state index contributed by atoms with van der Waals surface area (Å²) >= 11 is 0. The van der Waals surface area contributed by atoms with Gasteiger partial charge in [0, 0.05) is 12.3 Å². The molecule has 2 aliphatic carbocycles. The molecule has 3 aromatic rings. The molecule has 1 aromatic carbocycles. The van der Waals surface area contributed by atoms with Gasteiger partial charge in [0.15, 0.2) is 21.3 Å². The second kappa shape index (κ2) is 8.26. The van der Waals surface area contributed by atoms with Gasteiger partial charge in [0.2, 0.25) is 5.91 Å². The highest BCUT2D eigenvalue weighted by molar-refractivity contribution is 7.90. The highest BCUT2D eigenvalue weighted by Crippen LogP contribution is 2.40. The van der Waals surface area contributed by atoms with E-state index < -0.39 is 40.1 Å². The fraction of sp³-hybridized carbons (Fsp3) is 0.409. The summed E-state index contributed by atoms with van der Waals surface area (Å²) in [5, 5.41) is 5.46. The van der Waals surface area contributed by atoms with Gasteiger partial charge in [-0.15, -0.1) is 0 Å². The van der Waals surface area contributed by atoms with E-state index in [9.17, 15) is 26.4 Å². The number of fused-ring (bicyclic) bond motifs is 1. The van der Waals surface area contributed by atoms with Gasteiger partial charge in [-0.3, -0.25) is 4.79 Å². The summed E-state index contributed by atoms with van der Waals surface area (Å²) < 4.78 is 64.9. The number of nitrogens with zero attached hydrogens (tertiary/aromatic N) is 2. The third kappa shape index (κ3) is 4.33. The largest absolute Gasteiger partial charge is 0.352 e. The molecular formula is C22H22F3N5O3S. The maximum Gasteiger partial charge on any atom is 0.295 e. The van der Waals surface area contributed by atoms with E-state index in [4.69, 9.17) is 0 Å². The summed E-state index contributed by atoms with van der Waals surface area (Å²) in [5.74, 6) is -1.66. The zero-order valence-electron chi connectivity index (χ0n) is 18.1. The lowest BCUT2D eigenvalue weighted by molar-refractivity contribution is -0.117. The molecule has 180 valence electrons. The SMILES string of the molecule is CS(=O)(=O)c1cc(C2CCC2)ccc1Nc1cc(NC(=O)[C@@H]2C[C@@H]2F)nc2[nH]c(C(F)F)nc12. The van der Waals surface area contributed by atoms with E-state index in [1.807, 2.05) is 6.07 Å². The second-order valence-electron chi connectivity index (χ2n) is 8.80. The lowest BCUT2D eigenvalue weighted by Crippen LogP contribution is -2.16. The predicted molar refractivity (Wildman–Crippen MR) is 120 cm³/mol. The average Bonchev–Trinajstić information content (AvgIpc) is 3.28. The van der Waals surface area contributed by atoms with Gasteiger partial charge in [-0.1, -0.05) is 12.5 Å². The Morgan fingerprint density at radius 1 is 1.18 bits per heavy atom. The molecule has 0 spiro atoms. The first kappa shape index (κ1) is 22.6. The van der Waals surface area contributed by atoms with Gasteiger partial charge in [0.05, 0.1) is 22.2 Å². The quantitative estimate of drug-likeness (QED) is 0.443. The lowest BCUT2D eigenvalue weighted by Gasteiger charge is -2.26. The molecular weight excluding hydrogens is 471 g/mol. The van der Waals surface area contributed by atoms with Gasteiger partial charge < -0.3 is 15.6 Å². The van der Waals surface area contributed by atoms with Gasteiger partial charge in [-0.25, -0.2) is 31.6 Å². The standard InChI is InChI=1S/C22H22F3N5O3S/c1-34(32,33)16-7-11(10-3-2-4-10)5-6-14(16)26-15-9-17(28-22(31)12-8-13(12)23)27-20-18(15)29-21(30-20)19(24)25/h5-7,9-10,12-13,19H,2-4,8H2,1H3,(H3,26,27,28,29,30,31)/t12-,13+/m1/s1. The van der Waals surface area contributed by atoms with Crippen molar-refractivity contribution < 1.29 is 26.4 Å². The van der Waals surface area contributed by atoms with Crippen molar-refractivity contribution in [3.63, 3.8) is 0 Å². The molecule has 0 aliphatic heterocycles. The lowest BCUT2D eigenvalue weighted by atomic mass is 9.80. The average molecular weight is 494 g/mol. The molecule has 12 heteroatoms. The summed E-state index contributed by atoms with van der Waals surface area (Å²) in [7, 11) is -3.63. The summed E-state index contributed by atoms with van der Waals surface area (Å²) in [6.07, 6.45) is 0.181. The Balaban J connectivity index is 1.56. The number of imidazole rings is 1. The fourth-order valence-corrected chi connectivity index (χ4v) is 4.88. The number of sulfone groups is 1. The third-order valence-electron chi connectivity index (χ3n) is 6.23. The minimum atomic E-state index is -3.63. The van der Waals surface area contributed by atoms with Crippen molar-refractivity contribution in [1.29, 1.82) is 0 Å². The zero-order chi connectivity index (χ0) is 24.2. The summed E-state index contributed by atoms with van der Waals surface area (Å²) in [6.45, 7) is 0. The molecule has 2 fully saturated rings. The number of H-pyrrole nitrogens is 1. The van der Waals surface area contributed by atoms with Crippen LogP contribution in [0.5, 0.6) is 0 Å². The van der Waals surface area contributed by atoms with Crippen molar-refractivity contribution in [3.05, 3.63) is 35.7 Å². The third-order valence-corrected chi connectivity index (χ3v) is 7.37. The number of aromatic nitrogens is 3. The molecule has 5 rings (SSSR count). The van der Waals surface area contributed by atoms with Crippen molar-refractivity contribution in [3.8, 4) is 0 Å². The van der Waals surface area contributed by atoms with Crippen LogP contribution in [-0.2, 0) is 14.6 Å². The van der Waals surface area contributed by atoms with Crippen LogP contribution in [0.4, 0.5) is 30.4 Å². The van der Waals surface area contributed by atoms with E-state index in [2.05, 4.69) is 25.6 Å². The minimum Gasteiger partial charge on any atom is -0.352 e. The van der Waals surface area contributed by atoms with Crippen LogP contribution in [0.15, 0.2) is 29.2 Å². The van der Waals surface area contributed by atoms with Crippen LogP contribution in [0, 0.1) is 5.92 Å². The molecule has 1 amide bonds. The molecule has 2 aromatic heterocycles. The molecule has 0 saturated heterocycles.